The Hall–Kier alpha value is -3.72. The van der Waals surface area contributed by atoms with Crippen LogP contribution < -0.4 is 4.90 Å². The minimum Gasteiger partial charge on any atom is -0.356 e. The van der Waals surface area contributed by atoms with Crippen LogP contribution in [0.15, 0.2) is 54.6 Å². The zero-order chi connectivity index (χ0) is 20.2. The van der Waals surface area contributed by atoms with Gasteiger partial charge in [0, 0.05) is 36.2 Å². The highest BCUT2D eigenvalue weighted by atomic mass is 16.6. The number of hydrogen-bond donors (Lipinski definition) is 0. The van der Waals surface area contributed by atoms with E-state index in [4.69, 9.17) is 4.98 Å². The summed E-state index contributed by atoms with van der Waals surface area (Å²) >= 11 is 0. The lowest BCUT2D eigenvalue weighted by atomic mass is 10.0. The van der Waals surface area contributed by atoms with Crippen LogP contribution >= 0.6 is 0 Å². The molecule has 4 rings (SSSR count). The van der Waals surface area contributed by atoms with E-state index in [1.165, 1.54) is 18.6 Å². The van der Waals surface area contributed by atoms with E-state index in [9.17, 15) is 15.4 Å². The van der Waals surface area contributed by atoms with E-state index in [1.807, 2.05) is 30.3 Å². The van der Waals surface area contributed by atoms with Crippen molar-refractivity contribution in [1.29, 1.82) is 5.26 Å². The van der Waals surface area contributed by atoms with Crippen LogP contribution in [0.4, 0.5) is 11.5 Å². The highest BCUT2D eigenvalue weighted by Crippen LogP contribution is 2.30. The van der Waals surface area contributed by atoms with Crippen LogP contribution in [0.5, 0.6) is 0 Å². The fourth-order valence-corrected chi connectivity index (χ4v) is 3.69. The molecule has 0 N–H and O–H groups in total. The summed E-state index contributed by atoms with van der Waals surface area (Å²) in [6.45, 7) is 1.90. The second-order valence-corrected chi connectivity index (χ2v) is 7.12. The summed E-state index contributed by atoms with van der Waals surface area (Å²) in [5, 5.41) is 21.7. The van der Waals surface area contributed by atoms with Crippen molar-refractivity contribution in [2.24, 2.45) is 0 Å². The summed E-state index contributed by atoms with van der Waals surface area (Å²) in [6.07, 6.45) is 5.32. The van der Waals surface area contributed by atoms with Crippen molar-refractivity contribution in [2.75, 3.05) is 18.0 Å². The van der Waals surface area contributed by atoms with Crippen LogP contribution in [0.2, 0.25) is 0 Å². The van der Waals surface area contributed by atoms with Gasteiger partial charge in [0.15, 0.2) is 0 Å². The van der Waals surface area contributed by atoms with Crippen LogP contribution in [0, 0.1) is 21.4 Å². The number of hydrogen-bond acceptors (Lipinski definition) is 5. The second kappa shape index (κ2) is 8.11. The molecule has 144 valence electrons. The molecule has 0 saturated carbocycles. The minimum absolute atomic E-state index is 0.00687. The van der Waals surface area contributed by atoms with Gasteiger partial charge in [-0.1, -0.05) is 18.2 Å². The number of aromatic nitrogens is 1. The van der Waals surface area contributed by atoms with Gasteiger partial charge in [0.1, 0.15) is 5.82 Å². The third kappa shape index (κ3) is 3.94. The van der Waals surface area contributed by atoms with Crippen LogP contribution in [-0.4, -0.2) is 23.0 Å². The first-order valence-electron chi connectivity index (χ1n) is 9.67. The smallest absolute Gasteiger partial charge is 0.269 e. The van der Waals surface area contributed by atoms with E-state index in [-0.39, 0.29) is 5.69 Å². The van der Waals surface area contributed by atoms with Gasteiger partial charge in [0.05, 0.1) is 22.1 Å². The van der Waals surface area contributed by atoms with E-state index in [0.717, 1.165) is 48.2 Å². The number of fused-ring (bicyclic) bond motifs is 1. The number of pyridine rings is 1. The molecule has 3 aromatic rings. The van der Waals surface area contributed by atoms with E-state index < -0.39 is 4.92 Å². The first kappa shape index (κ1) is 18.6. The molecule has 1 aliphatic heterocycles. The number of para-hydroxylation sites is 1. The molecule has 0 atom stereocenters. The maximum Gasteiger partial charge on any atom is 0.269 e. The predicted molar refractivity (Wildman–Crippen MR) is 114 cm³/mol. The molecule has 1 aliphatic rings. The first-order chi connectivity index (χ1) is 14.2. The number of nitriles is 1. The van der Waals surface area contributed by atoms with Gasteiger partial charge < -0.3 is 4.90 Å². The molecule has 0 spiro atoms. The van der Waals surface area contributed by atoms with Gasteiger partial charge in [-0.3, -0.25) is 10.1 Å². The van der Waals surface area contributed by atoms with E-state index in [2.05, 4.69) is 17.0 Å². The van der Waals surface area contributed by atoms with Crippen LogP contribution in [0.1, 0.15) is 30.4 Å². The average molecular weight is 384 g/mol. The maximum absolute atomic E-state index is 10.9. The summed E-state index contributed by atoms with van der Waals surface area (Å²) in [6, 6.07) is 18.3. The van der Waals surface area contributed by atoms with Crippen molar-refractivity contribution in [3.63, 3.8) is 0 Å². The highest BCUT2D eigenvalue weighted by molar-refractivity contribution is 5.94. The lowest BCUT2D eigenvalue weighted by molar-refractivity contribution is -0.384. The third-order valence-corrected chi connectivity index (χ3v) is 5.20. The number of benzene rings is 2. The van der Waals surface area contributed by atoms with Crippen molar-refractivity contribution in [3.05, 3.63) is 75.8 Å². The van der Waals surface area contributed by atoms with Gasteiger partial charge in [-0.05, 0) is 55.2 Å². The van der Waals surface area contributed by atoms with Crippen molar-refractivity contribution < 1.29 is 4.92 Å². The van der Waals surface area contributed by atoms with Gasteiger partial charge >= 0.3 is 0 Å². The molecule has 0 amide bonds. The highest BCUT2D eigenvalue weighted by Gasteiger charge is 2.17. The van der Waals surface area contributed by atoms with Crippen molar-refractivity contribution in [3.8, 4) is 6.07 Å². The molecule has 0 unspecified atom stereocenters. The van der Waals surface area contributed by atoms with E-state index >= 15 is 0 Å². The van der Waals surface area contributed by atoms with Crippen LogP contribution in [0.25, 0.3) is 22.6 Å². The molecule has 2 aromatic carbocycles. The van der Waals surface area contributed by atoms with Gasteiger partial charge in [-0.25, -0.2) is 4.98 Å². The second-order valence-electron chi connectivity index (χ2n) is 7.12. The summed E-state index contributed by atoms with van der Waals surface area (Å²) in [5.74, 6) is 0.887. The number of nitro groups is 1. The largest absolute Gasteiger partial charge is 0.356 e. The molecule has 6 heteroatoms. The number of non-ortho nitro benzene ring substituents is 1. The quantitative estimate of drug-likeness (QED) is 0.351. The molecule has 2 heterocycles. The summed E-state index contributed by atoms with van der Waals surface area (Å²) in [7, 11) is 0. The van der Waals surface area contributed by atoms with Crippen molar-refractivity contribution in [2.45, 2.75) is 19.3 Å². The summed E-state index contributed by atoms with van der Waals surface area (Å²) in [5.41, 5.74) is 2.93. The molecule has 1 aromatic heterocycles. The van der Waals surface area contributed by atoms with Gasteiger partial charge in [-0.2, -0.15) is 5.26 Å². The fraction of sp³-hybridized carbons (Fsp3) is 0.217. The molecule has 1 fully saturated rings. The minimum atomic E-state index is -0.443. The number of allylic oxidation sites excluding steroid dienone is 1. The van der Waals surface area contributed by atoms with Gasteiger partial charge in [-0.15, -0.1) is 0 Å². The summed E-state index contributed by atoms with van der Waals surface area (Å²) in [4.78, 5) is 17.6. The third-order valence-electron chi connectivity index (χ3n) is 5.20. The summed E-state index contributed by atoms with van der Waals surface area (Å²) < 4.78 is 0. The fourth-order valence-electron chi connectivity index (χ4n) is 3.69. The monoisotopic (exact) mass is 384 g/mol. The Morgan fingerprint density at radius 2 is 1.83 bits per heavy atom. The molecular weight excluding hydrogens is 364 g/mol. The normalized spacial score (nSPS) is 14.6. The van der Waals surface area contributed by atoms with Crippen LogP contribution in [-0.2, 0) is 0 Å². The Morgan fingerprint density at radius 3 is 2.52 bits per heavy atom. The number of nitrogens with zero attached hydrogens (tertiary/aromatic N) is 4. The lowest BCUT2D eigenvalue weighted by Gasteiger charge is -2.29. The molecule has 0 aliphatic carbocycles. The number of rotatable bonds is 4. The SMILES string of the molecule is N#C/C(=C\c1cc2ccccc2nc1N1CCCCC1)c1ccc([N+](=O)[O-])cc1. The molecule has 29 heavy (non-hydrogen) atoms. The number of piperidine rings is 1. The van der Waals surface area contributed by atoms with Gasteiger partial charge in [0.25, 0.3) is 5.69 Å². The zero-order valence-corrected chi connectivity index (χ0v) is 15.9. The molecule has 0 radical (unpaired) electrons. The molecular formula is C23H20N4O2. The number of nitro benzene ring substituents is 1. The number of anilines is 1. The molecule has 6 nitrogen and oxygen atoms in total. The average Bonchev–Trinajstić information content (AvgIpc) is 2.77. The van der Waals surface area contributed by atoms with E-state index in [1.54, 1.807) is 12.1 Å². The Bertz CT molecular complexity index is 1120. The maximum atomic E-state index is 10.9. The molecule has 1 saturated heterocycles. The first-order valence-corrected chi connectivity index (χ1v) is 9.67. The van der Waals surface area contributed by atoms with Crippen LogP contribution in [0.3, 0.4) is 0 Å². The standard InChI is InChI=1S/C23H20N4O2/c24-16-20(17-8-10-21(11-9-17)27(28)29)15-19-14-18-6-2-3-7-22(18)25-23(19)26-12-4-1-5-13-26/h2-3,6-11,14-15H,1,4-5,12-13H2/b20-15+. The Balaban J connectivity index is 1.81. The topological polar surface area (TPSA) is 83.1 Å². The van der Waals surface area contributed by atoms with Gasteiger partial charge in [0.2, 0.25) is 0 Å². The lowest BCUT2D eigenvalue weighted by Crippen LogP contribution is -2.30. The molecule has 0 bridgehead atoms. The Morgan fingerprint density at radius 1 is 1.10 bits per heavy atom. The van der Waals surface area contributed by atoms with E-state index in [0.29, 0.717) is 11.1 Å². The van der Waals surface area contributed by atoms with Crippen molar-refractivity contribution in [1.82, 2.24) is 4.98 Å². The predicted octanol–water partition coefficient (Wildman–Crippen LogP) is 5.20. The van der Waals surface area contributed by atoms with Crippen molar-refractivity contribution >= 4 is 34.1 Å². The Kier molecular flexibility index (Phi) is 5.21. The zero-order valence-electron chi connectivity index (χ0n) is 15.9. The Labute approximate surface area is 168 Å².